The molecule has 2 N–H and O–H groups in total. The molecule has 8 heteroatoms. The van der Waals surface area contributed by atoms with Gasteiger partial charge in [-0.3, -0.25) is 20.0 Å². The van der Waals surface area contributed by atoms with E-state index < -0.39 is 5.97 Å². The zero-order valence-corrected chi connectivity index (χ0v) is 20.8. The average molecular weight is 493 g/mol. The van der Waals surface area contributed by atoms with Gasteiger partial charge in [0.05, 0.1) is 24.4 Å². The van der Waals surface area contributed by atoms with Crippen LogP contribution < -0.4 is 15.0 Å². The van der Waals surface area contributed by atoms with Gasteiger partial charge in [0.25, 0.3) is 0 Å². The van der Waals surface area contributed by atoms with Crippen LogP contribution in [0.3, 0.4) is 0 Å². The minimum absolute atomic E-state index is 0.0544. The first-order valence-electron chi connectivity index (χ1n) is 12.2. The lowest BCUT2D eigenvalue weighted by atomic mass is 10.0. The van der Waals surface area contributed by atoms with Crippen LogP contribution in [0.5, 0.6) is 5.75 Å². The molecule has 2 fully saturated rings. The lowest BCUT2D eigenvalue weighted by molar-refractivity contribution is -0.138. The van der Waals surface area contributed by atoms with E-state index in [2.05, 4.69) is 50.4 Å². The molecule has 3 aromatic rings. The summed E-state index contributed by atoms with van der Waals surface area (Å²) in [6.07, 6.45) is 2.91. The second kappa shape index (κ2) is 10.8. The first-order valence-corrected chi connectivity index (χ1v) is 13.2. The fraction of sp³-hybridized carbons (Fsp3) is 0.407. The molecule has 184 valence electrons. The largest absolute Gasteiger partial charge is 0.494 e. The quantitative estimate of drug-likeness (QED) is 0.513. The topological polar surface area (TPSA) is 77.9 Å². The van der Waals surface area contributed by atoms with Crippen molar-refractivity contribution >= 4 is 34.3 Å². The van der Waals surface area contributed by atoms with Crippen molar-refractivity contribution in [1.82, 2.24) is 15.2 Å². The number of benzene rings is 2. The number of anilines is 1. The first kappa shape index (κ1) is 23.9. The molecular formula is C27H32N4O3S. The summed E-state index contributed by atoms with van der Waals surface area (Å²) in [5.74, 6) is 0.982. The van der Waals surface area contributed by atoms with E-state index in [1.54, 1.807) is 7.11 Å². The lowest BCUT2D eigenvalue weighted by Crippen LogP contribution is -2.51. The van der Waals surface area contributed by atoms with Gasteiger partial charge in [-0.25, -0.2) is 0 Å². The molecule has 7 nitrogen and oxygen atoms in total. The van der Waals surface area contributed by atoms with Crippen molar-refractivity contribution in [2.24, 2.45) is 0 Å². The van der Waals surface area contributed by atoms with E-state index in [9.17, 15) is 9.90 Å². The van der Waals surface area contributed by atoms with Crippen molar-refractivity contribution in [2.45, 2.75) is 30.3 Å². The van der Waals surface area contributed by atoms with Crippen molar-refractivity contribution in [3.05, 3.63) is 66.4 Å². The van der Waals surface area contributed by atoms with Crippen LogP contribution in [0.4, 0.5) is 5.69 Å². The van der Waals surface area contributed by atoms with Gasteiger partial charge in [-0.1, -0.05) is 36.4 Å². The molecule has 2 aromatic carbocycles. The lowest BCUT2D eigenvalue weighted by Gasteiger charge is -2.34. The van der Waals surface area contributed by atoms with E-state index in [4.69, 9.17) is 4.74 Å². The molecule has 0 amide bonds. The van der Waals surface area contributed by atoms with Gasteiger partial charge in [0.15, 0.2) is 0 Å². The van der Waals surface area contributed by atoms with Crippen LogP contribution >= 0.6 is 11.8 Å². The number of pyridine rings is 1. The standard InChI is InChI=1S/C27H32N4O3S/c1-34-23-11-10-19-9-5-12-28-25(19)26(23)31-14-6-13-30(15-16-31)22(17-24(32)33)21-18-35-27(29-21)20-7-3-2-4-8-20/h2-5,7-12,21-22,27,29H,6,13-18H2,1H3,(H,32,33). The van der Waals surface area contributed by atoms with Gasteiger partial charge in [-0.15, -0.1) is 11.8 Å². The fourth-order valence-corrected chi connectivity index (χ4v) is 6.65. The molecule has 5 rings (SSSR count). The Bertz CT molecular complexity index is 1160. The number of ether oxygens (including phenoxy) is 1. The molecule has 3 heterocycles. The zero-order chi connectivity index (χ0) is 24.2. The molecule has 35 heavy (non-hydrogen) atoms. The second-order valence-electron chi connectivity index (χ2n) is 9.13. The molecule has 3 unspecified atom stereocenters. The monoisotopic (exact) mass is 492 g/mol. The van der Waals surface area contributed by atoms with Gasteiger partial charge in [0.2, 0.25) is 0 Å². The number of fused-ring (bicyclic) bond motifs is 1. The summed E-state index contributed by atoms with van der Waals surface area (Å²) in [5, 5.41) is 14.8. The Kier molecular flexibility index (Phi) is 7.41. The van der Waals surface area contributed by atoms with Crippen LogP contribution in [0.25, 0.3) is 10.9 Å². The summed E-state index contributed by atoms with van der Waals surface area (Å²) < 4.78 is 5.72. The number of rotatable bonds is 7. The van der Waals surface area contributed by atoms with Crippen molar-refractivity contribution in [3.63, 3.8) is 0 Å². The number of thioether (sulfide) groups is 1. The van der Waals surface area contributed by atoms with Crippen LogP contribution in [0.2, 0.25) is 0 Å². The van der Waals surface area contributed by atoms with Crippen LogP contribution in [0.1, 0.15) is 23.8 Å². The van der Waals surface area contributed by atoms with E-state index in [0.717, 1.165) is 60.7 Å². The Morgan fingerprint density at radius 3 is 2.80 bits per heavy atom. The summed E-state index contributed by atoms with van der Waals surface area (Å²) in [6, 6.07) is 18.6. The van der Waals surface area contributed by atoms with E-state index in [-0.39, 0.29) is 23.9 Å². The molecule has 0 spiro atoms. The van der Waals surface area contributed by atoms with Gasteiger partial charge in [-0.05, 0) is 30.2 Å². The predicted molar refractivity (Wildman–Crippen MR) is 141 cm³/mol. The van der Waals surface area contributed by atoms with Crippen molar-refractivity contribution in [2.75, 3.05) is 43.9 Å². The van der Waals surface area contributed by atoms with E-state index in [1.807, 2.05) is 42.2 Å². The summed E-state index contributed by atoms with van der Waals surface area (Å²) in [6.45, 7) is 3.34. The molecule has 2 aliphatic rings. The Morgan fingerprint density at radius 1 is 1.14 bits per heavy atom. The van der Waals surface area contributed by atoms with E-state index in [1.165, 1.54) is 5.56 Å². The van der Waals surface area contributed by atoms with Gasteiger partial charge in [0, 0.05) is 55.6 Å². The molecule has 0 radical (unpaired) electrons. The van der Waals surface area contributed by atoms with Gasteiger partial charge < -0.3 is 14.7 Å². The average Bonchev–Trinajstić information content (AvgIpc) is 3.26. The van der Waals surface area contributed by atoms with Crippen LogP contribution in [0.15, 0.2) is 60.8 Å². The Morgan fingerprint density at radius 2 is 2.00 bits per heavy atom. The molecular weight excluding hydrogens is 460 g/mol. The number of nitrogens with one attached hydrogen (secondary N) is 1. The number of aromatic nitrogens is 1. The summed E-state index contributed by atoms with van der Waals surface area (Å²) in [5.41, 5.74) is 3.22. The number of hydrogen-bond donors (Lipinski definition) is 2. The highest BCUT2D eigenvalue weighted by molar-refractivity contribution is 7.99. The molecule has 1 aromatic heterocycles. The highest BCUT2D eigenvalue weighted by atomic mass is 32.2. The Labute approximate surface area is 210 Å². The maximum atomic E-state index is 11.9. The van der Waals surface area contributed by atoms with E-state index >= 15 is 0 Å². The Balaban J connectivity index is 1.34. The minimum Gasteiger partial charge on any atom is -0.494 e. The molecule has 0 saturated carbocycles. The van der Waals surface area contributed by atoms with Gasteiger partial charge >= 0.3 is 5.97 Å². The van der Waals surface area contributed by atoms with E-state index in [0.29, 0.717) is 0 Å². The number of carbonyl (C=O) groups is 1. The highest BCUT2D eigenvalue weighted by Crippen LogP contribution is 2.37. The summed E-state index contributed by atoms with van der Waals surface area (Å²) >= 11 is 1.87. The third kappa shape index (κ3) is 5.24. The molecule has 2 saturated heterocycles. The highest BCUT2D eigenvalue weighted by Gasteiger charge is 2.36. The van der Waals surface area contributed by atoms with Crippen molar-refractivity contribution < 1.29 is 14.6 Å². The summed E-state index contributed by atoms with van der Waals surface area (Å²) in [7, 11) is 1.70. The number of aliphatic carboxylic acids is 1. The maximum Gasteiger partial charge on any atom is 0.304 e. The molecule has 2 aliphatic heterocycles. The van der Waals surface area contributed by atoms with Gasteiger partial charge in [-0.2, -0.15) is 0 Å². The van der Waals surface area contributed by atoms with Crippen molar-refractivity contribution in [1.29, 1.82) is 0 Å². The minimum atomic E-state index is -0.744. The number of carboxylic acid groups (broad SMARTS) is 1. The second-order valence-corrected chi connectivity index (χ2v) is 10.3. The number of hydrogen-bond acceptors (Lipinski definition) is 7. The fourth-order valence-electron chi connectivity index (χ4n) is 5.31. The van der Waals surface area contributed by atoms with Crippen molar-refractivity contribution in [3.8, 4) is 5.75 Å². The predicted octanol–water partition coefficient (Wildman–Crippen LogP) is 4.00. The first-order chi connectivity index (χ1) is 17.1. The number of methoxy groups -OCH3 is 1. The Hall–Kier alpha value is -2.81. The number of carboxylic acids is 1. The van der Waals surface area contributed by atoms with Gasteiger partial charge in [0.1, 0.15) is 11.4 Å². The van der Waals surface area contributed by atoms with Crippen LogP contribution in [0, 0.1) is 0 Å². The third-order valence-electron chi connectivity index (χ3n) is 7.00. The maximum absolute atomic E-state index is 11.9. The smallest absolute Gasteiger partial charge is 0.304 e. The molecule has 0 aliphatic carbocycles. The third-order valence-corrected chi connectivity index (χ3v) is 8.30. The SMILES string of the molecule is COc1ccc2cccnc2c1N1CCCN(C(CC(=O)O)C2CSC(c3ccccc3)N2)CC1. The van der Waals surface area contributed by atoms with Crippen LogP contribution in [-0.4, -0.2) is 72.1 Å². The normalized spacial score (nSPS) is 22.1. The zero-order valence-electron chi connectivity index (χ0n) is 20.0. The number of nitrogens with zero attached hydrogens (tertiary/aromatic N) is 3. The molecule has 3 atom stereocenters. The molecule has 0 bridgehead atoms. The summed E-state index contributed by atoms with van der Waals surface area (Å²) in [4.78, 5) is 21.3. The van der Waals surface area contributed by atoms with Crippen LogP contribution in [-0.2, 0) is 4.79 Å².